The first-order valence-corrected chi connectivity index (χ1v) is 8.27. The van der Waals surface area contributed by atoms with Gasteiger partial charge in [0.2, 0.25) is 0 Å². The van der Waals surface area contributed by atoms with Crippen molar-refractivity contribution in [2.24, 2.45) is 5.92 Å². The van der Waals surface area contributed by atoms with Crippen molar-refractivity contribution < 1.29 is 28.6 Å². The third-order valence-electron chi connectivity index (χ3n) is 4.43. The molecule has 0 amide bonds. The van der Waals surface area contributed by atoms with Gasteiger partial charge in [-0.15, -0.1) is 0 Å². The van der Waals surface area contributed by atoms with E-state index in [1.165, 1.54) is 13.8 Å². The Morgan fingerprint density at radius 2 is 1.84 bits per heavy atom. The van der Waals surface area contributed by atoms with Gasteiger partial charge >= 0.3 is 17.9 Å². The minimum atomic E-state index is -0.703. The van der Waals surface area contributed by atoms with Crippen molar-refractivity contribution in [1.82, 2.24) is 0 Å². The molecule has 1 aliphatic carbocycles. The first kappa shape index (κ1) is 19.0. The molecule has 0 radical (unpaired) electrons. The largest absolute Gasteiger partial charge is 0.458 e. The van der Waals surface area contributed by atoms with Crippen LogP contribution in [0.3, 0.4) is 0 Å². The van der Waals surface area contributed by atoms with Crippen LogP contribution in [0.5, 0.6) is 0 Å². The molecule has 0 unspecified atom stereocenters. The van der Waals surface area contributed by atoms with Crippen LogP contribution in [0.25, 0.3) is 0 Å². The van der Waals surface area contributed by atoms with Crippen LogP contribution < -0.4 is 0 Å². The van der Waals surface area contributed by atoms with E-state index < -0.39 is 36.2 Å². The van der Waals surface area contributed by atoms with Crippen molar-refractivity contribution in [3.05, 3.63) is 35.5 Å². The lowest BCUT2D eigenvalue weighted by atomic mass is 9.85. The van der Waals surface area contributed by atoms with Crippen molar-refractivity contribution in [3.8, 4) is 0 Å². The lowest BCUT2D eigenvalue weighted by Gasteiger charge is -2.27. The van der Waals surface area contributed by atoms with Crippen molar-refractivity contribution in [1.29, 1.82) is 0 Å². The quantitative estimate of drug-likeness (QED) is 0.330. The lowest BCUT2D eigenvalue weighted by Crippen LogP contribution is -2.33. The van der Waals surface area contributed by atoms with E-state index in [-0.39, 0.29) is 11.5 Å². The normalized spacial score (nSPS) is 33.9. The molecule has 2 aliphatic rings. The Bertz CT molecular complexity index is 657. The summed E-state index contributed by atoms with van der Waals surface area (Å²) in [5.74, 6) is -1.78. The minimum Gasteiger partial charge on any atom is -0.458 e. The summed E-state index contributed by atoms with van der Waals surface area (Å²) >= 11 is 0. The molecule has 0 aromatic heterocycles. The van der Waals surface area contributed by atoms with E-state index in [2.05, 4.69) is 6.58 Å². The van der Waals surface area contributed by atoms with Crippen LogP contribution in [-0.2, 0) is 28.6 Å². The molecule has 1 aliphatic heterocycles. The second-order valence-electron chi connectivity index (χ2n) is 6.57. The highest BCUT2D eigenvalue weighted by atomic mass is 16.6. The van der Waals surface area contributed by atoms with Gasteiger partial charge in [0.25, 0.3) is 0 Å². The lowest BCUT2D eigenvalue weighted by molar-refractivity contribution is -0.148. The average molecular weight is 348 g/mol. The Morgan fingerprint density at radius 3 is 2.44 bits per heavy atom. The molecule has 4 atom stereocenters. The number of fused-ring (bicyclic) bond motifs is 1. The third-order valence-corrected chi connectivity index (χ3v) is 4.43. The number of esters is 3. The van der Waals surface area contributed by atoms with Crippen molar-refractivity contribution in [3.63, 3.8) is 0 Å². The standard InChI is InChI=1S/C19H24O6/c1-10-6-7-15(23-13(4)20)11(2)9-17(24-14(5)21)18-12(3)19(22)25-16(18)8-10/h6,9,15-18H,3,7-8H2,1-2,4-5H3/b10-6-,11-9-/t15-,16+,17-,18+/m1/s1. The zero-order valence-corrected chi connectivity index (χ0v) is 15.0. The van der Waals surface area contributed by atoms with Gasteiger partial charge in [-0.1, -0.05) is 18.2 Å². The van der Waals surface area contributed by atoms with Gasteiger partial charge in [-0.25, -0.2) is 4.79 Å². The molecular weight excluding hydrogens is 324 g/mol. The van der Waals surface area contributed by atoms with Crippen LogP contribution in [0.1, 0.15) is 40.5 Å². The molecule has 0 bridgehead atoms. The Kier molecular flexibility index (Phi) is 5.82. The summed E-state index contributed by atoms with van der Waals surface area (Å²) in [5, 5.41) is 0. The summed E-state index contributed by atoms with van der Waals surface area (Å²) < 4.78 is 16.3. The van der Waals surface area contributed by atoms with Crippen molar-refractivity contribution in [2.75, 3.05) is 0 Å². The van der Waals surface area contributed by atoms with Crippen LogP contribution >= 0.6 is 0 Å². The van der Waals surface area contributed by atoms with Crippen molar-refractivity contribution >= 4 is 17.9 Å². The molecular formula is C19H24O6. The fraction of sp³-hybridized carbons (Fsp3) is 0.526. The van der Waals surface area contributed by atoms with Crippen molar-refractivity contribution in [2.45, 2.75) is 58.8 Å². The number of rotatable bonds is 2. The first-order valence-electron chi connectivity index (χ1n) is 8.27. The van der Waals surface area contributed by atoms with Gasteiger partial charge in [0.15, 0.2) is 0 Å². The van der Waals surface area contributed by atoms with Crippen LogP contribution in [0.4, 0.5) is 0 Å². The van der Waals surface area contributed by atoms with Gasteiger partial charge in [-0.2, -0.15) is 0 Å². The maximum Gasteiger partial charge on any atom is 0.334 e. The second-order valence-corrected chi connectivity index (χ2v) is 6.57. The van der Waals surface area contributed by atoms with E-state index in [1.54, 1.807) is 6.08 Å². The van der Waals surface area contributed by atoms with Gasteiger partial charge in [0.1, 0.15) is 18.3 Å². The molecule has 0 saturated carbocycles. The van der Waals surface area contributed by atoms with Gasteiger partial charge < -0.3 is 14.2 Å². The number of ether oxygens (including phenoxy) is 3. The van der Waals surface area contributed by atoms with E-state index in [9.17, 15) is 14.4 Å². The van der Waals surface area contributed by atoms with Crippen LogP contribution in [-0.4, -0.2) is 36.2 Å². The second kappa shape index (κ2) is 7.68. The SMILES string of the molecule is C=C1C(=O)O[C@H]2C/C(C)=C\C[C@@H](OC(C)=O)/C(C)=C\[C@@H](OC(C)=O)[C@@H]12. The van der Waals surface area contributed by atoms with Gasteiger partial charge in [0, 0.05) is 32.3 Å². The Labute approximate surface area is 147 Å². The molecule has 6 heteroatoms. The van der Waals surface area contributed by atoms with Gasteiger partial charge in [-0.05, 0) is 25.5 Å². The molecule has 25 heavy (non-hydrogen) atoms. The van der Waals surface area contributed by atoms with E-state index in [4.69, 9.17) is 14.2 Å². The number of carbonyl (C=O) groups excluding carboxylic acids is 3. The average Bonchev–Trinajstić information content (AvgIpc) is 2.75. The molecule has 136 valence electrons. The zero-order valence-electron chi connectivity index (χ0n) is 15.0. The summed E-state index contributed by atoms with van der Waals surface area (Å²) in [6, 6.07) is 0. The molecule has 0 N–H and O–H groups in total. The molecule has 0 aromatic rings. The maximum atomic E-state index is 12.0. The molecule has 1 fully saturated rings. The smallest absolute Gasteiger partial charge is 0.334 e. The van der Waals surface area contributed by atoms with Crippen LogP contribution in [0.15, 0.2) is 35.5 Å². The highest BCUT2D eigenvalue weighted by Crippen LogP contribution is 2.36. The highest BCUT2D eigenvalue weighted by Gasteiger charge is 2.44. The summed E-state index contributed by atoms with van der Waals surface area (Å²) in [6.45, 7) is 10.2. The predicted molar refractivity (Wildman–Crippen MR) is 90.4 cm³/mol. The molecule has 0 spiro atoms. The predicted octanol–water partition coefficient (Wildman–Crippen LogP) is 2.63. The highest BCUT2D eigenvalue weighted by molar-refractivity contribution is 5.91. The zero-order chi connectivity index (χ0) is 18.7. The summed E-state index contributed by atoms with van der Waals surface area (Å²) in [5.41, 5.74) is 2.04. The molecule has 0 aromatic carbocycles. The molecule has 1 saturated heterocycles. The monoisotopic (exact) mass is 348 g/mol. The summed E-state index contributed by atoms with van der Waals surface area (Å²) in [6.07, 6.45) is 3.13. The summed E-state index contributed by atoms with van der Waals surface area (Å²) in [4.78, 5) is 35.0. The fourth-order valence-electron chi connectivity index (χ4n) is 3.23. The van der Waals surface area contributed by atoms with E-state index in [1.807, 2.05) is 19.9 Å². The number of hydrogen-bond acceptors (Lipinski definition) is 6. The topological polar surface area (TPSA) is 78.9 Å². The minimum absolute atomic E-state index is 0.290. The van der Waals surface area contributed by atoms with E-state index >= 15 is 0 Å². The third kappa shape index (κ3) is 4.59. The Balaban J connectivity index is 2.46. The van der Waals surface area contributed by atoms with Crippen LogP contribution in [0.2, 0.25) is 0 Å². The molecule has 1 heterocycles. The van der Waals surface area contributed by atoms with Crippen LogP contribution in [0, 0.1) is 5.92 Å². The summed E-state index contributed by atoms with van der Waals surface area (Å²) in [7, 11) is 0. The maximum absolute atomic E-state index is 12.0. The fourth-order valence-corrected chi connectivity index (χ4v) is 3.23. The number of hydrogen-bond donors (Lipinski definition) is 0. The Morgan fingerprint density at radius 1 is 1.20 bits per heavy atom. The van der Waals surface area contributed by atoms with Gasteiger partial charge in [0.05, 0.1) is 5.92 Å². The van der Waals surface area contributed by atoms with E-state index in [0.29, 0.717) is 12.8 Å². The number of carbonyl (C=O) groups is 3. The molecule has 6 nitrogen and oxygen atoms in total. The van der Waals surface area contributed by atoms with Gasteiger partial charge in [-0.3, -0.25) is 9.59 Å². The first-order chi connectivity index (χ1) is 11.7. The molecule has 2 rings (SSSR count). The Hall–Kier alpha value is -2.37. The van der Waals surface area contributed by atoms with E-state index in [0.717, 1.165) is 11.1 Å².